The molecule has 124 valence electrons. The van der Waals surface area contributed by atoms with E-state index in [-0.39, 0.29) is 16.8 Å². The highest BCUT2D eigenvalue weighted by atomic mass is 79.9. The van der Waals surface area contributed by atoms with Gasteiger partial charge in [-0.3, -0.25) is 0 Å². The average Bonchev–Trinajstić information content (AvgIpc) is 2.80. The zero-order chi connectivity index (χ0) is 17.4. The Hall–Kier alpha value is -1.98. The van der Waals surface area contributed by atoms with Crippen molar-refractivity contribution in [3.05, 3.63) is 57.7 Å². The number of hydrogen-bond acceptors (Lipinski definition) is 2. The van der Waals surface area contributed by atoms with Crippen LogP contribution in [0.4, 0.5) is 0 Å². The number of halogens is 2. The third kappa shape index (κ3) is 3.01. The number of aromatic carboxylic acids is 1. The Morgan fingerprint density at radius 3 is 2.46 bits per heavy atom. The highest BCUT2D eigenvalue weighted by Crippen LogP contribution is 2.35. The first kappa shape index (κ1) is 16.9. The number of aromatic nitrogens is 1. The molecule has 0 aliphatic rings. The fourth-order valence-electron chi connectivity index (χ4n) is 2.63. The predicted octanol–water partition coefficient (Wildman–Crippen LogP) is 5.53. The van der Waals surface area contributed by atoms with E-state index in [4.69, 9.17) is 16.3 Å². The molecule has 0 aliphatic carbocycles. The van der Waals surface area contributed by atoms with Crippen LogP contribution in [0.5, 0.6) is 5.75 Å². The van der Waals surface area contributed by atoms with Gasteiger partial charge in [-0.05, 0) is 56.3 Å². The molecule has 3 aromatic rings. The van der Waals surface area contributed by atoms with E-state index in [0.29, 0.717) is 11.1 Å². The maximum Gasteiger partial charge on any atom is 0.354 e. The molecular formula is C18H15BrClNO3. The molecule has 2 aromatic carbocycles. The first-order chi connectivity index (χ1) is 11.4. The van der Waals surface area contributed by atoms with Crippen molar-refractivity contribution in [1.82, 2.24) is 4.57 Å². The fourth-order valence-corrected chi connectivity index (χ4v) is 3.31. The monoisotopic (exact) mass is 407 g/mol. The van der Waals surface area contributed by atoms with Crippen LogP contribution < -0.4 is 4.74 Å². The molecule has 0 saturated carbocycles. The van der Waals surface area contributed by atoms with Crippen LogP contribution in [0.1, 0.15) is 24.3 Å². The van der Waals surface area contributed by atoms with Gasteiger partial charge < -0.3 is 14.4 Å². The van der Waals surface area contributed by atoms with Crippen LogP contribution in [0.15, 0.2) is 46.9 Å². The van der Waals surface area contributed by atoms with Crippen molar-refractivity contribution in [3.8, 4) is 11.4 Å². The summed E-state index contributed by atoms with van der Waals surface area (Å²) < 4.78 is 8.12. The van der Waals surface area contributed by atoms with Crippen molar-refractivity contribution >= 4 is 44.4 Å². The lowest BCUT2D eigenvalue weighted by Crippen LogP contribution is -2.08. The molecule has 0 spiro atoms. The lowest BCUT2D eigenvalue weighted by molar-refractivity contribution is 0.0689. The van der Waals surface area contributed by atoms with E-state index in [9.17, 15) is 9.90 Å². The van der Waals surface area contributed by atoms with E-state index in [1.54, 1.807) is 4.57 Å². The molecule has 0 aliphatic heterocycles. The van der Waals surface area contributed by atoms with Crippen molar-refractivity contribution in [2.24, 2.45) is 0 Å². The molecule has 6 heteroatoms. The van der Waals surface area contributed by atoms with Gasteiger partial charge in [0.1, 0.15) is 5.75 Å². The van der Waals surface area contributed by atoms with Crippen molar-refractivity contribution in [2.75, 3.05) is 0 Å². The molecule has 0 unspecified atom stereocenters. The number of nitrogens with zero attached hydrogens (tertiary/aromatic N) is 1. The Balaban J connectivity index is 2.21. The Morgan fingerprint density at radius 1 is 1.21 bits per heavy atom. The Morgan fingerprint density at radius 2 is 1.88 bits per heavy atom. The minimum absolute atomic E-state index is 0.0438. The van der Waals surface area contributed by atoms with Crippen molar-refractivity contribution < 1.29 is 14.6 Å². The second kappa shape index (κ2) is 6.49. The maximum atomic E-state index is 11.7. The summed E-state index contributed by atoms with van der Waals surface area (Å²) in [7, 11) is 0. The van der Waals surface area contributed by atoms with Crippen molar-refractivity contribution in [1.29, 1.82) is 0 Å². The van der Waals surface area contributed by atoms with Crippen LogP contribution in [0.2, 0.25) is 5.02 Å². The fraction of sp³-hybridized carbons (Fsp3) is 0.167. The third-order valence-electron chi connectivity index (χ3n) is 3.54. The van der Waals surface area contributed by atoms with E-state index in [1.807, 2.05) is 56.3 Å². The van der Waals surface area contributed by atoms with Crippen LogP contribution in [-0.2, 0) is 0 Å². The van der Waals surface area contributed by atoms with Crippen molar-refractivity contribution in [3.63, 3.8) is 0 Å². The number of hydrogen-bond donors (Lipinski definition) is 1. The van der Waals surface area contributed by atoms with Gasteiger partial charge in [-0.1, -0.05) is 27.5 Å². The average molecular weight is 409 g/mol. The van der Waals surface area contributed by atoms with Gasteiger partial charge in [0.05, 0.1) is 16.6 Å². The maximum absolute atomic E-state index is 11.7. The number of benzene rings is 2. The van der Waals surface area contributed by atoms with Crippen LogP contribution in [0.25, 0.3) is 16.6 Å². The van der Waals surface area contributed by atoms with Gasteiger partial charge in [0.15, 0.2) is 5.69 Å². The summed E-state index contributed by atoms with van der Waals surface area (Å²) in [6, 6.07) is 12.8. The van der Waals surface area contributed by atoms with Gasteiger partial charge in [0.25, 0.3) is 0 Å². The van der Waals surface area contributed by atoms with Gasteiger partial charge in [0.2, 0.25) is 0 Å². The van der Waals surface area contributed by atoms with E-state index >= 15 is 0 Å². The van der Waals surface area contributed by atoms with E-state index in [2.05, 4.69) is 15.9 Å². The summed E-state index contributed by atoms with van der Waals surface area (Å²) in [5.41, 5.74) is 1.49. The standard InChI is InChI=1S/C18H15BrClNO3/c1-10(2)24-13-6-4-12(5-7-13)21-15-8-3-11(19)9-14(15)16(20)17(21)18(22)23/h3-10H,1-2H3,(H,22,23). The molecule has 0 radical (unpaired) electrons. The molecule has 1 aromatic heterocycles. The summed E-state index contributed by atoms with van der Waals surface area (Å²) >= 11 is 9.73. The van der Waals surface area contributed by atoms with Gasteiger partial charge in [-0.2, -0.15) is 0 Å². The largest absolute Gasteiger partial charge is 0.491 e. The number of carbonyl (C=O) groups is 1. The topological polar surface area (TPSA) is 51.5 Å². The molecule has 0 saturated heterocycles. The highest BCUT2D eigenvalue weighted by Gasteiger charge is 2.22. The van der Waals surface area contributed by atoms with Gasteiger partial charge in [-0.15, -0.1) is 0 Å². The van der Waals surface area contributed by atoms with Gasteiger partial charge in [0, 0.05) is 15.5 Å². The highest BCUT2D eigenvalue weighted by molar-refractivity contribution is 9.10. The molecule has 0 atom stereocenters. The quantitative estimate of drug-likeness (QED) is 0.617. The number of rotatable bonds is 4. The van der Waals surface area contributed by atoms with Gasteiger partial charge in [-0.25, -0.2) is 4.79 Å². The zero-order valence-corrected chi connectivity index (χ0v) is 15.4. The number of carboxylic acid groups (broad SMARTS) is 1. The molecule has 4 nitrogen and oxygen atoms in total. The first-order valence-corrected chi connectivity index (χ1v) is 8.55. The Bertz CT molecular complexity index is 916. The normalized spacial score (nSPS) is 11.2. The predicted molar refractivity (Wildman–Crippen MR) is 98.7 cm³/mol. The zero-order valence-electron chi connectivity index (χ0n) is 13.1. The minimum atomic E-state index is -1.07. The van der Waals surface area contributed by atoms with E-state index in [0.717, 1.165) is 15.7 Å². The second-order valence-corrected chi connectivity index (χ2v) is 6.92. The Labute approximate surface area is 152 Å². The lowest BCUT2D eigenvalue weighted by atomic mass is 10.2. The molecule has 24 heavy (non-hydrogen) atoms. The Kier molecular flexibility index (Phi) is 4.56. The summed E-state index contributed by atoms with van der Waals surface area (Å²) in [5.74, 6) is -0.342. The lowest BCUT2D eigenvalue weighted by Gasteiger charge is -2.12. The molecule has 0 fully saturated rings. The third-order valence-corrected chi connectivity index (χ3v) is 4.41. The molecule has 0 bridgehead atoms. The number of carboxylic acids is 1. The molecule has 0 amide bonds. The molecule has 1 heterocycles. The number of fused-ring (bicyclic) bond motifs is 1. The molecule has 3 rings (SSSR count). The first-order valence-electron chi connectivity index (χ1n) is 7.38. The second-order valence-electron chi connectivity index (χ2n) is 5.63. The van der Waals surface area contributed by atoms with Gasteiger partial charge >= 0.3 is 5.97 Å². The van der Waals surface area contributed by atoms with Crippen LogP contribution in [-0.4, -0.2) is 21.7 Å². The van der Waals surface area contributed by atoms with Crippen molar-refractivity contribution in [2.45, 2.75) is 20.0 Å². The van der Waals surface area contributed by atoms with E-state index < -0.39 is 5.97 Å². The summed E-state index contributed by atoms with van der Waals surface area (Å²) in [6.45, 7) is 3.90. The van der Waals surface area contributed by atoms with Crippen LogP contribution >= 0.6 is 27.5 Å². The van der Waals surface area contributed by atoms with Crippen LogP contribution in [0, 0.1) is 0 Å². The smallest absolute Gasteiger partial charge is 0.354 e. The molecule has 1 N–H and O–H groups in total. The summed E-state index contributed by atoms with van der Waals surface area (Å²) in [5, 5.41) is 10.5. The SMILES string of the molecule is CC(C)Oc1ccc(-n2c(C(=O)O)c(Cl)c3cc(Br)ccc32)cc1. The molecular weight excluding hydrogens is 394 g/mol. The number of ether oxygens (including phenoxy) is 1. The van der Waals surface area contributed by atoms with Crippen LogP contribution in [0.3, 0.4) is 0 Å². The summed E-state index contributed by atoms with van der Waals surface area (Å²) in [6.07, 6.45) is 0.0737. The van der Waals surface area contributed by atoms with E-state index in [1.165, 1.54) is 0 Å². The summed E-state index contributed by atoms with van der Waals surface area (Å²) in [4.78, 5) is 11.7. The minimum Gasteiger partial charge on any atom is -0.491 e.